The van der Waals surface area contributed by atoms with Crippen molar-refractivity contribution in [3.63, 3.8) is 0 Å². The molecule has 0 heterocycles. The molecule has 1 aromatic carbocycles. The van der Waals surface area contributed by atoms with Gasteiger partial charge in [0.25, 0.3) is 0 Å². The first-order valence-electron chi connectivity index (χ1n) is 3.17. The molecule has 0 aromatic heterocycles. The van der Waals surface area contributed by atoms with E-state index in [0.717, 1.165) is 5.56 Å². The van der Waals surface area contributed by atoms with Gasteiger partial charge in [0.15, 0.2) is 0 Å². The summed E-state index contributed by atoms with van der Waals surface area (Å²) in [4.78, 5) is 0. The van der Waals surface area contributed by atoms with Gasteiger partial charge in [0.05, 0.1) is 0 Å². The monoisotopic (exact) mass is 238 g/mol. The first-order chi connectivity index (χ1) is 5.29. The second kappa shape index (κ2) is 6.96. The molecule has 12 heavy (non-hydrogen) atoms. The van der Waals surface area contributed by atoms with E-state index >= 15 is 0 Å². The predicted molar refractivity (Wildman–Crippen MR) is 39.1 cm³/mol. The Morgan fingerprint density at radius 2 is 1.92 bits per heavy atom. The minimum absolute atomic E-state index is 0. The SMILES string of the molecule is O=[AsH]([O-])OCc1ccccc1.[Na+]. The molecule has 60 valence electrons. The van der Waals surface area contributed by atoms with Crippen LogP contribution in [-0.2, 0) is 14.1 Å². The van der Waals surface area contributed by atoms with Crippen LogP contribution in [0, 0.1) is 0 Å². The Bertz CT molecular complexity index is 240. The molecule has 0 radical (unpaired) electrons. The molecule has 5 heteroatoms. The van der Waals surface area contributed by atoms with Crippen LogP contribution in [0.3, 0.4) is 0 Å². The van der Waals surface area contributed by atoms with E-state index < -0.39 is 15.3 Å². The van der Waals surface area contributed by atoms with Crippen LogP contribution in [0.15, 0.2) is 30.3 Å². The summed E-state index contributed by atoms with van der Waals surface area (Å²) in [5.74, 6) is 0. The predicted octanol–water partition coefficient (Wildman–Crippen LogP) is -3.28. The van der Waals surface area contributed by atoms with Gasteiger partial charge < -0.3 is 0 Å². The molecule has 0 aliphatic rings. The third kappa shape index (κ3) is 5.20. The van der Waals surface area contributed by atoms with Crippen molar-refractivity contribution < 1.29 is 41.1 Å². The fourth-order valence-electron chi connectivity index (χ4n) is 0.716. The molecule has 0 saturated carbocycles. The summed E-state index contributed by atoms with van der Waals surface area (Å²) in [7, 11) is 0. The van der Waals surface area contributed by atoms with Crippen LogP contribution >= 0.6 is 0 Å². The van der Waals surface area contributed by atoms with Crippen molar-refractivity contribution >= 4 is 15.3 Å². The molecule has 3 nitrogen and oxygen atoms in total. The van der Waals surface area contributed by atoms with Gasteiger partial charge in [-0.3, -0.25) is 0 Å². The summed E-state index contributed by atoms with van der Waals surface area (Å²) in [6.45, 7) is 0.170. The van der Waals surface area contributed by atoms with Crippen molar-refractivity contribution in [2.24, 2.45) is 0 Å². The van der Waals surface area contributed by atoms with E-state index in [0.29, 0.717) is 0 Å². The van der Waals surface area contributed by atoms with Gasteiger partial charge in [-0.2, -0.15) is 0 Å². The number of hydrogen-bond donors (Lipinski definition) is 0. The van der Waals surface area contributed by atoms with Gasteiger partial charge in [0.2, 0.25) is 0 Å². The molecule has 0 saturated heterocycles. The quantitative estimate of drug-likeness (QED) is 0.519. The van der Waals surface area contributed by atoms with Crippen molar-refractivity contribution in [1.29, 1.82) is 0 Å². The molecule has 1 atom stereocenters. The summed E-state index contributed by atoms with van der Waals surface area (Å²) in [6.07, 6.45) is 0. The zero-order valence-electron chi connectivity index (χ0n) is 6.82. The Morgan fingerprint density at radius 1 is 1.33 bits per heavy atom. The van der Waals surface area contributed by atoms with Crippen LogP contribution in [-0.4, -0.2) is 15.3 Å². The number of benzene rings is 1. The van der Waals surface area contributed by atoms with Gasteiger partial charge in [0, 0.05) is 0 Å². The number of hydrogen-bond acceptors (Lipinski definition) is 3. The summed E-state index contributed by atoms with van der Waals surface area (Å²) in [5, 5.41) is 0. The Labute approximate surface area is 98.2 Å². The van der Waals surface area contributed by atoms with Gasteiger partial charge in [0.1, 0.15) is 0 Å². The molecule has 1 unspecified atom stereocenters. The Hall–Kier alpha value is 0.498. The maximum atomic E-state index is 10.1. The van der Waals surface area contributed by atoms with Gasteiger partial charge in [-0.25, -0.2) is 0 Å². The maximum Gasteiger partial charge on any atom is 1.00 e. The van der Waals surface area contributed by atoms with E-state index in [4.69, 9.17) is 0 Å². The van der Waals surface area contributed by atoms with Crippen molar-refractivity contribution in [1.82, 2.24) is 0 Å². The molecule has 0 amide bonds. The third-order valence-electron chi connectivity index (χ3n) is 1.20. The van der Waals surface area contributed by atoms with Gasteiger partial charge >= 0.3 is 98.9 Å². The topological polar surface area (TPSA) is 49.4 Å². The van der Waals surface area contributed by atoms with Crippen LogP contribution < -0.4 is 33.7 Å². The number of rotatable bonds is 3. The Morgan fingerprint density at radius 3 is 2.42 bits per heavy atom. The largest absolute Gasteiger partial charge is 1.00 e. The zero-order chi connectivity index (χ0) is 8.10. The molecule has 1 rings (SSSR count). The van der Waals surface area contributed by atoms with E-state index in [1.807, 2.05) is 30.3 Å². The second-order valence-electron chi connectivity index (χ2n) is 2.02. The Kier molecular flexibility index (Phi) is 7.24. The van der Waals surface area contributed by atoms with Crippen LogP contribution in [0.2, 0.25) is 0 Å². The molecule has 0 aliphatic heterocycles. The van der Waals surface area contributed by atoms with Gasteiger partial charge in [-0.05, 0) is 0 Å². The van der Waals surface area contributed by atoms with E-state index in [-0.39, 0.29) is 36.2 Å². The Balaban J connectivity index is 0.00000121. The third-order valence-corrected chi connectivity index (χ3v) is 2.00. The smallest absolute Gasteiger partial charge is 1.00 e. The minimum atomic E-state index is -3.57. The molecule has 1 aromatic rings. The summed E-state index contributed by atoms with van der Waals surface area (Å²) >= 11 is -3.57. The molecular weight excluding hydrogens is 230 g/mol. The fourth-order valence-corrected chi connectivity index (χ4v) is 1.31. The first-order valence-corrected chi connectivity index (χ1v) is 5.73. The molecule has 0 N–H and O–H groups in total. The minimum Gasteiger partial charge on any atom is 1.00 e. The summed E-state index contributed by atoms with van der Waals surface area (Å²) in [6, 6.07) is 9.19. The average molecular weight is 238 g/mol. The van der Waals surface area contributed by atoms with E-state index in [2.05, 4.69) is 3.73 Å². The zero-order valence-corrected chi connectivity index (χ0v) is 10.9. The molecule has 0 spiro atoms. The van der Waals surface area contributed by atoms with Gasteiger partial charge in [-0.15, -0.1) is 0 Å². The van der Waals surface area contributed by atoms with Crippen molar-refractivity contribution in [2.45, 2.75) is 6.61 Å². The summed E-state index contributed by atoms with van der Waals surface area (Å²) < 4.78 is 24.7. The van der Waals surface area contributed by atoms with E-state index in [1.165, 1.54) is 0 Å². The van der Waals surface area contributed by atoms with Crippen molar-refractivity contribution in [3.05, 3.63) is 35.9 Å². The summed E-state index contributed by atoms with van der Waals surface area (Å²) in [5.41, 5.74) is 0.879. The average Bonchev–Trinajstić information content (AvgIpc) is 2.03. The van der Waals surface area contributed by atoms with Crippen molar-refractivity contribution in [3.8, 4) is 0 Å². The van der Waals surface area contributed by atoms with Crippen molar-refractivity contribution in [2.75, 3.05) is 0 Å². The van der Waals surface area contributed by atoms with E-state index in [1.54, 1.807) is 0 Å². The van der Waals surface area contributed by atoms with Crippen LogP contribution in [0.25, 0.3) is 0 Å². The van der Waals surface area contributed by atoms with Crippen LogP contribution in [0.5, 0.6) is 0 Å². The normalized spacial score (nSPS) is 11.8. The fraction of sp³-hybridized carbons (Fsp3) is 0.143. The standard InChI is InChI=1S/C7H9AsO3.Na/c9-8(10)11-6-7-4-2-1-3-5-7;/h1-5,8H,6H2,(H,9,10);/q;+1/p-1. The van der Waals surface area contributed by atoms with Crippen LogP contribution in [0.1, 0.15) is 5.56 Å². The van der Waals surface area contributed by atoms with E-state index in [9.17, 15) is 7.84 Å². The first kappa shape index (κ1) is 12.5. The second-order valence-corrected chi connectivity index (χ2v) is 3.68. The molecular formula is C7H8AsNaO3. The van der Waals surface area contributed by atoms with Crippen LogP contribution in [0.4, 0.5) is 0 Å². The molecule has 0 fully saturated rings. The molecule has 0 bridgehead atoms. The molecule has 0 aliphatic carbocycles. The maximum absolute atomic E-state index is 10.1. The van der Waals surface area contributed by atoms with Gasteiger partial charge in [-0.1, -0.05) is 0 Å².